The lowest BCUT2D eigenvalue weighted by Gasteiger charge is -2.35. The zero-order valence-electron chi connectivity index (χ0n) is 20.1. The molecule has 2 fully saturated rings. The van der Waals surface area contributed by atoms with Crippen molar-refractivity contribution >= 4 is 29.1 Å². The molecule has 9 heteroatoms. The highest BCUT2D eigenvalue weighted by atomic mass is 32.1. The van der Waals surface area contributed by atoms with Crippen LogP contribution in [0.5, 0.6) is 0 Å². The Labute approximate surface area is 209 Å². The first-order chi connectivity index (χ1) is 17.0. The largest absolute Gasteiger partial charge is 0.379 e. The quantitative estimate of drug-likeness (QED) is 0.548. The first kappa shape index (κ1) is 24.1. The van der Waals surface area contributed by atoms with E-state index in [0.717, 1.165) is 69.2 Å². The number of ether oxygens (including phenoxy) is 1. The van der Waals surface area contributed by atoms with Crippen LogP contribution < -0.4 is 0 Å². The molecule has 2 atom stereocenters. The van der Waals surface area contributed by atoms with Crippen LogP contribution in [-0.4, -0.2) is 77.3 Å². The predicted molar refractivity (Wildman–Crippen MR) is 132 cm³/mol. The van der Waals surface area contributed by atoms with Gasteiger partial charge in [-0.3, -0.25) is 24.2 Å². The molecule has 35 heavy (non-hydrogen) atoms. The van der Waals surface area contributed by atoms with Gasteiger partial charge in [-0.15, -0.1) is 11.3 Å². The monoisotopic (exact) mass is 496 g/mol. The van der Waals surface area contributed by atoms with Crippen molar-refractivity contribution in [2.45, 2.75) is 38.8 Å². The summed E-state index contributed by atoms with van der Waals surface area (Å²) >= 11 is 1.64. The first-order valence-electron chi connectivity index (χ1n) is 12.4. The van der Waals surface area contributed by atoms with Gasteiger partial charge in [-0.2, -0.15) is 0 Å². The summed E-state index contributed by atoms with van der Waals surface area (Å²) in [4.78, 5) is 49.4. The van der Waals surface area contributed by atoms with Crippen LogP contribution in [0.25, 0.3) is 0 Å². The summed E-state index contributed by atoms with van der Waals surface area (Å²) in [6.07, 6.45) is 3.63. The van der Waals surface area contributed by atoms with Crippen LogP contribution in [0.2, 0.25) is 0 Å². The molecule has 8 nitrogen and oxygen atoms in total. The molecule has 5 rings (SSSR count). The number of thiazole rings is 1. The van der Waals surface area contributed by atoms with E-state index in [4.69, 9.17) is 9.72 Å². The zero-order valence-corrected chi connectivity index (χ0v) is 21.0. The average molecular weight is 497 g/mol. The molecule has 186 valence electrons. The van der Waals surface area contributed by atoms with Crippen LogP contribution in [0, 0.1) is 11.8 Å². The smallest absolute Gasteiger partial charge is 0.261 e. The number of hydrogen-bond acceptors (Lipinski definition) is 7. The molecular formula is C26H32N4O4S. The van der Waals surface area contributed by atoms with Crippen LogP contribution in [0.4, 0.5) is 0 Å². The van der Waals surface area contributed by atoms with Crippen molar-refractivity contribution in [3.05, 3.63) is 51.5 Å². The molecule has 1 saturated carbocycles. The van der Waals surface area contributed by atoms with Crippen molar-refractivity contribution < 1.29 is 19.1 Å². The van der Waals surface area contributed by atoms with Crippen LogP contribution >= 0.6 is 11.3 Å². The Kier molecular flexibility index (Phi) is 7.27. The van der Waals surface area contributed by atoms with Crippen LogP contribution in [0.3, 0.4) is 0 Å². The topological polar surface area (TPSA) is 83.1 Å². The van der Waals surface area contributed by atoms with Crippen molar-refractivity contribution in [3.63, 3.8) is 0 Å². The SMILES string of the molecule is CN(Cc1csc(CN2CCOCC2)n1)C(=O)C1CCCCC1CN1C(=O)c2ccccc2C1=O. The van der Waals surface area contributed by atoms with E-state index >= 15 is 0 Å². The molecule has 1 aromatic carbocycles. The standard InChI is InChI=1S/C26H32N4O4S/c1-28(15-19-17-35-23(27-19)16-29-10-12-34-13-11-29)24(31)20-7-3-2-6-18(20)14-30-25(32)21-8-4-5-9-22(21)26(30)33/h4-5,8-9,17-18,20H,2-3,6-7,10-16H2,1H3. The Morgan fingerprint density at radius 1 is 1.11 bits per heavy atom. The second-order valence-corrected chi connectivity index (χ2v) is 10.7. The second kappa shape index (κ2) is 10.6. The van der Waals surface area contributed by atoms with Gasteiger partial charge in [-0.05, 0) is 30.9 Å². The van der Waals surface area contributed by atoms with Crippen molar-refractivity contribution in [1.29, 1.82) is 0 Å². The van der Waals surface area contributed by atoms with Gasteiger partial charge in [0.05, 0.1) is 43.1 Å². The van der Waals surface area contributed by atoms with Crippen LogP contribution in [0.15, 0.2) is 29.6 Å². The fourth-order valence-corrected chi connectivity index (χ4v) is 6.27. The van der Waals surface area contributed by atoms with Crippen molar-refractivity contribution in [3.8, 4) is 0 Å². The highest BCUT2D eigenvalue weighted by Crippen LogP contribution is 2.34. The van der Waals surface area contributed by atoms with Crippen LogP contribution in [-0.2, 0) is 22.6 Å². The van der Waals surface area contributed by atoms with Gasteiger partial charge in [0.1, 0.15) is 5.01 Å². The normalized spacial score (nSPS) is 22.9. The van der Waals surface area contributed by atoms with Crippen molar-refractivity contribution in [1.82, 2.24) is 19.7 Å². The number of imide groups is 1. The number of morpholine rings is 1. The van der Waals surface area contributed by atoms with Gasteiger partial charge in [-0.1, -0.05) is 25.0 Å². The number of aromatic nitrogens is 1. The van der Waals surface area contributed by atoms with Gasteiger partial charge in [0.25, 0.3) is 11.8 Å². The molecule has 0 spiro atoms. The van der Waals surface area contributed by atoms with E-state index in [2.05, 4.69) is 4.90 Å². The van der Waals surface area contributed by atoms with Gasteiger partial charge in [0, 0.05) is 38.0 Å². The second-order valence-electron chi connectivity index (χ2n) is 9.73. The molecule has 3 amide bonds. The van der Waals surface area contributed by atoms with E-state index in [1.807, 2.05) is 12.4 Å². The summed E-state index contributed by atoms with van der Waals surface area (Å²) in [7, 11) is 1.83. The van der Waals surface area contributed by atoms with Crippen molar-refractivity contribution in [2.24, 2.45) is 11.8 Å². The molecule has 0 bridgehead atoms. The van der Waals surface area contributed by atoms with E-state index in [-0.39, 0.29) is 29.6 Å². The number of carbonyl (C=O) groups excluding carboxylic acids is 3. The molecule has 2 aromatic rings. The third-order valence-electron chi connectivity index (χ3n) is 7.36. The molecule has 1 aromatic heterocycles. The lowest BCUT2D eigenvalue weighted by molar-refractivity contribution is -0.138. The molecule has 3 heterocycles. The molecule has 2 unspecified atom stereocenters. The lowest BCUT2D eigenvalue weighted by atomic mass is 9.78. The van der Waals surface area contributed by atoms with E-state index in [1.54, 1.807) is 40.5 Å². The summed E-state index contributed by atoms with van der Waals surface area (Å²) < 4.78 is 5.41. The summed E-state index contributed by atoms with van der Waals surface area (Å²) in [6, 6.07) is 6.96. The Balaban J connectivity index is 1.21. The maximum atomic E-state index is 13.5. The maximum Gasteiger partial charge on any atom is 0.261 e. The third kappa shape index (κ3) is 5.17. The summed E-state index contributed by atoms with van der Waals surface area (Å²) in [6.45, 7) is 4.95. The van der Waals surface area contributed by atoms with Gasteiger partial charge in [-0.25, -0.2) is 4.98 Å². The van der Waals surface area contributed by atoms with Gasteiger partial charge >= 0.3 is 0 Å². The summed E-state index contributed by atoms with van der Waals surface area (Å²) in [5.41, 5.74) is 1.83. The third-order valence-corrected chi connectivity index (χ3v) is 8.24. The maximum absolute atomic E-state index is 13.5. The first-order valence-corrected chi connectivity index (χ1v) is 13.3. The van der Waals surface area contributed by atoms with E-state index < -0.39 is 0 Å². The Morgan fingerprint density at radius 3 is 2.51 bits per heavy atom. The fourth-order valence-electron chi connectivity index (χ4n) is 5.44. The Bertz CT molecular complexity index is 1060. The summed E-state index contributed by atoms with van der Waals surface area (Å²) in [5.74, 6) is -0.622. The number of rotatable bonds is 7. The lowest BCUT2D eigenvalue weighted by Crippen LogP contribution is -2.43. The average Bonchev–Trinajstić information content (AvgIpc) is 3.42. The highest BCUT2D eigenvalue weighted by Gasteiger charge is 2.40. The molecular weight excluding hydrogens is 464 g/mol. The number of amides is 3. The predicted octanol–water partition coefficient (Wildman–Crippen LogP) is 3.04. The fraction of sp³-hybridized carbons (Fsp3) is 0.538. The number of hydrogen-bond donors (Lipinski definition) is 0. The molecule has 2 aliphatic heterocycles. The van der Waals surface area contributed by atoms with Gasteiger partial charge < -0.3 is 9.64 Å². The molecule has 0 radical (unpaired) electrons. The van der Waals surface area contributed by atoms with Crippen LogP contribution in [0.1, 0.15) is 57.1 Å². The number of benzene rings is 1. The minimum atomic E-state index is -0.244. The van der Waals surface area contributed by atoms with Gasteiger partial charge in [0.15, 0.2) is 0 Å². The van der Waals surface area contributed by atoms with Crippen molar-refractivity contribution in [2.75, 3.05) is 39.9 Å². The van der Waals surface area contributed by atoms with Gasteiger partial charge in [0.2, 0.25) is 5.91 Å². The number of nitrogens with zero attached hydrogens (tertiary/aromatic N) is 4. The molecule has 0 N–H and O–H groups in total. The molecule has 3 aliphatic rings. The number of carbonyl (C=O) groups is 3. The minimum Gasteiger partial charge on any atom is -0.379 e. The molecule has 1 aliphatic carbocycles. The van der Waals surface area contributed by atoms with E-state index in [0.29, 0.717) is 24.2 Å². The zero-order chi connectivity index (χ0) is 24.4. The Morgan fingerprint density at radius 2 is 1.80 bits per heavy atom. The van der Waals surface area contributed by atoms with E-state index in [9.17, 15) is 14.4 Å². The van der Waals surface area contributed by atoms with E-state index in [1.165, 1.54) is 4.90 Å². The molecule has 1 saturated heterocycles. The summed E-state index contributed by atoms with van der Waals surface area (Å²) in [5, 5.41) is 3.10. The minimum absolute atomic E-state index is 0.0202. The number of fused-ring (bicyclic) bond motifs is 1. The Hall–Kier alpha value is -2.62. The highest BCUT2D eigenvalue weighted by molar-refractivity contribution is 7.09.